The minimum Gasteiger partial charge on any atom is -0.352 e. The molecule has 20 heavy (non-hydrogen) atoms. The van der Waals surface area contributed by atoms with Crippen LogP contribution in [0.15, 0.2) is 17.5 Å². The van der Waals surface area contributed by atoms with Gasteiger partial charge in [-0.3, -0.25) is 0 Å². The Hall–Kier alpha value is -2.02. The van der Waals surface area contributed by atoms with Gasteiger partial charge in [0.1, 0.15) is 5.82 Å². The fourth-order valence-corrected chi connectivity index (χ4v) is 2.73. The van der Waals surface area contributed by atoms with Crippen molar-refractivity contribution in [2.24, 2.45) is 0 Å². The zero-order chi connectivity index (χ0) is 14.1. The smallest absolute Gasteiger partial charge is 0.176 e. The average molecular weight is 288 g/mol. The van der Waals surface area contributed by atoms with Crippen molar-refractivity contribution in [3.05, 3.63) is 34.0 Å². The molecule has 0 radical (unpaired) electrons. The Bertz CT molecular complexity index is 731. The first kappa shape index (κ1) is 13.0. The first-order valence-corrected chi connectivity index (χ1v) is 7.39. The van der Waals surface area contributed by atoms with E-state index in [0.29, 0.717) is 0 Å². The van der Waals surface area contributed by atoms with Crippen LogP contribution in [0.3, 0.4) is 0 Å². The van der Waals surface area contributed by atoms with Crippen LogP contribution in [0.4, 0.5) is 5.82 Å². The van der Waals surface area contributed by atoms with Crippen LogP contribution in [0.1, 0.15) is 23.4 Å². The average Bonchev–Trinajstić information content (AvgIpc) is 3.02. The lowest BCUT2D eigenvalue weighted by Crippen LogP contribution is -2.19. The first-order chi connectivity index (χ1) is 9.65. The van der Waals surface area contributed by atoms with E-state index in [1.54, 1.807) is 16.0 Å². The highest BCUT2D eigenvalue weighted by Crippen LogP contribution is 2.15. The molecule has 0 N–H and O–H groups in total. The minimum absolute atomic E-state index is 0.726. The number of nitrogens with zero attached hydrogens (tertiary/aromatic N) is 6. The molecule has 3 rings (SSSR count). The summed E-state index contributed by atoms with van der Waals surface area (Å²) in [6.45, 7) is 4.72. The third-order valence-electron chi connectivity index (χ3n) is 2.99. The third kappa shape index (κ3) is 2.49. The molecule has 0 aromatic carbocycles. The Kier molecular flexibility index (Phi) is 3.35. The number of hydrogen-bond acceptors (Lipinski definition) is 6. The van der Waals surface area contributed by atoms with Crippen molar-refractivity contribution >= 4 is 22.8 Å². The topological polar surface area (TPSA) is 59.2 Å². The van der Waals surface area contributed by atoms with Gasteiger partial charge in [0, 0.05) is 12.4 Å². The largest absolute Gasteiger partial charge is 0.352 e. The zero-order valence-electron chi connectivity index (χ0n) is 11.7. The predicted molar refractivity (Wildman–Crippen MR) is 79.1 cm³/mol. The fourth-order valence-electron chi connectivity index (χ4n) is 1.99. The molecular formula is C13H16N6S. The summed E-state index contributed by atoms with van der Waals surface area (Å²) in [7, 11) is 2.00. The predicted octanol–water partition coefficient (Wildman–Crippen LogP) is 2.09. The van der Waals surface area contributed by atoms with Gasteiger partial charge in [-0.15, -0.1) is 26.2 Å². The third-order valence-corrected chi connectivity index (χ3v) is 4.03. The molecule has 3 aromatic rings. The number of hydrogen-bond donors (Lipinski definition) is 0. The van der Waals surface area contributed by atoms with Gasteiger partial charge in [0.2, 0.25) is 0 Å². The molecule has 0 atom stereocenters. The zero-order valence-corrected chi connectivity index (χ0v) is 12.6. The maximum atomic E-state index is 4.57. The van der Waals surface area contributed by atoms with Gasteiger partial charge in [-0.1, -0.05) is 6.92 Å². The van der Waals surface area contributed by atoms with Crippen molar-refractivity contribution in [3.8, 4) is 0 Å². The van der Waals surface area contributed by atoms with Crippen LogP contribution in [0.5, 0.6) is 0 Å². The van der Waals surface area contributed by atoms with Crippen molar-refractivity contribution < 1.29 is 0 Å². The number of anilines is 1. The number of fused-ring (bicyclic) bond motifs is 1. The van der Waals surface area contributed by atoms with Crippen LogP contribution < -0.4 is 4.90 Å². The highest BCUT2D eigenvalue weighted by molar-refractivity contribution is 7.09. The second kappa shape index (κ2) is 5.16. The van der Waals surface area contributed by atoms with E-state index in [2.05, 4.69) is 37.4 Å². The van der Waals surface area contributed by atoms with Gasteiger partial charge in [-0.25, -0.2) is 9.97 Å². The van der Waals surface area contributed by atoms with Crippen LogP contribution >= 0.6 is 11.3 Å². The molecule has 6 nitrogen and oxygen atoms in total. The van der Waals surface area contributed by atoms with Gasteiger partial charge in [0.25, 0.3) is 0 Å². The van der Waals surface area contributed by atoms with E-state index in [9.17, 15) is 0 Å². The molecule has 104 valence electrons. The quantitative estimate of drug-likeness (QED) is 0.735. The standard InChI is InChI=1S/C13H16N6S/c1-4-13-15-10(8-20-13)7-18(3)12-6-5-11-14-9(2)16-19(11)17-12/h5-6,8H,4,7H2,1-3H3. The first-order valence-electron chi connectivity index (χ1n) is 6.51. The number of aromatic nitrogens is 5. The van der Waals surface area contributed by atoms with Gasteiger partial charge in [0.05, 0.1) is 17.2 Å². The molecule has 0 spiro atoms. The monoisotopic (exact) mass is 288 g/mol. The summed E-state index contributed by atoms with van der Waals surface area (Å²) < 4.78 is 1.57. The van der Waals surface area contributed by atoms with Gasteiger partial charge >= 0.3 is 0 Å². The molecule has 3 aromatic heterocycles. The molecule has 0 saturated heterocycles. The maximum Gasteiger partial charge on any atom is 0.176 e. The summed E-state index contributed by atoms with van der Waals surface area (Å²) in [6.07, 6.45) is 0.983. The maximum absolute atomic E-state index is 4.57. The SMILES string of the molecule is CCc1nc(CN(C)c2ccc3nc(C)nn3n2)cs1. The van der Waals surface area contributed by atoms with Crippen molar-refractivity contribution in [1.82, 2.24) is 24.8 Å². The molecule has 0 saturated carbocycles. The second-order valence-electron chi connectivity index (χ2n) is 4.64. The Morgan fingerprint density at radius 1 is 1.25 bits per heavy atom. The lowest BCUT2D eigenvalue weighted by Gasteiger charge is -2.16. The van der Waals surface area contributed by atoms with Crippen molar-refractivity contribution in [2.45, 2.75) is 26.8 Å². The summed E-state index contributed by atoms with van der Waals surface area (Å²) in [5.41, 5.74) is 1.84. The number of aryl methyl sites for hydroxylation is 2. The lowest BCUT2D eigenvalue weighted by molar-refractivity contribution is 0.758. The van der Waals surface area contributed by atoms with E-state index < -0.39 is 0 Å². The van der Waals surface area contributed by atoms with E-state index in [4.69, 9.17) is 0 Å². The highest BCUT2D eigenvalue weighted by Gasteiger charge is 2.09. The summed E-state index contributed by atoms with van der Waals surface area (Å²) in [5.74, 6) is 1.58. The van der Waals surface area contributed by atoms with E-state index in [0.717, 1.165) is 35.9 Å². The summed E-state index contributed by atoms with van der Waals surface area (Å²) in [5, 5.41) is 12.0. The second-order valence-corrected chi connectivity index (χ2v) is 5.58. The highest BCUT2D eigenvalue weighted by atomic mass is 32.1. The van der Waals surface area contributed by atoms with E-state index in [-0.39, 0.29) is 0 Å². The lowest BCUT2D eigenvalue weighted by atomic mass is 10.4. The van der Waals surface area contributed by atoms with Gasteiger partial charge in [-0.2, -0.15) is 0 Å². The molecule has 0 bridgehead atoms. The molecule has 3 heterocycles. The van der Waals surface area contributed by atoms with E-state index >= 15 is 0 Å². The molecule has 0 aliphatic carbocycles. The van der Waals surface area contributed by atoms with Gasteiger partial charge < -0.3 is 4.90 Å². The Labute approximate surface area is 121 Å². The Morgan fingerprint density at radius 3 is 2.85 bits per heavy atom. The summed E-state index contributed by atoms with van der Waals surface area (Å²) in [4.78, 5) is 10.9. The molecule has 7 heteroatoms. The van der Waals surface area contributed by atoms with Gasteiger partial charge in [-0.05, 0) is 25.5 Å². The number of thiazole rings is 1. The van der Waals surface area contributed by atoms with Crippen LogP contribution in [0, 0.1) is 6.92 Å². The van der Waals surface area contributed by atoms with Crippen LogP contribution in [0.25, 0.3) is 5.65 Å². The number of rotatable bonds is 4. The van der Waals surface area contributed by atoms with Crippen LogP contribution in [-0.2, 0) is 13.0 Å². The molecule has 0 amide bonds. The van der Waals surface area contributed by atoms with Gasteiger partial charge in [0.15, 0.2) is 11.5 Å². The Morgan fingerprint density at radius 2 is 2.10 bits per heavy atom. The molecule has 0 aliphatic heterocycles. The molecule has 0 fully saturated rings. The minimum atomic E-state index is 0.726. The van der Waals surface area contributed by atoms with Crippen LogP contribution in [-0.4, -0.2) is 31.8 Å². The summed E-state index contributed by atoms with van der Waals surface area (Å²) in [6, 6.07) is 3.88. The van der Waals surface area contributed by atoms with Crippen LogP contribution in [0.2, 0.25) is 0 Å². The normalized spacial score (nSPS) is 11.2. The molecule has 0 unspecified atom stereocenters. The van der Waals surface area contributed by atoms with Crippen molar-refractivity contribution in [1.29, 1.82) is 0 Å². The fraction of sp³-hybridized carbons (Fsp3) is 0.385. The Balaban J connectivity index is 1.82. The molecular weight excluding hydrogens is 272 g/mol. The van der Waals surface area contributed by atoms with E-state index in [1.165, 1.54) is 5.01 Å². The molecule has 0 aliphatic rings. The summed E-state index contributed by atoms with van der Waals surface area (Å²) >= 11 is 1.71. The van der Waals surface area contributed by atoms with Crippen molar-refractivity contribution in [3.63, 3.8) is 0 Å². The van der Waals surface area contributed by atoms with Crippen molar-refractivity contribution in [2.75, 3.05) is 11.9 Å². The van der Waals surface area contributed by atoms with E-state index in [1.807, 2.05) is 26.1 Å².